The van der Waals surface area contributed by atoms with Crippen LogP contribution in [0.4, 0.5) is 0 Å². The average Bonchev–Trinajstić information content (AvgIpc) is 2.56. The molecule has 0 saturated heterocycles. The second-order valence-corrected chi connectivity index (χ2v) is 8.13. The highest BCUT2D eigenvalue weighted by atomic mass is 31.2. The first-order chi connectivity index (χ1) is 11.4. The third-order valence-corrected chi connectivity index (χ3v) is 5.53. The Hall–Kier alpha value is 0.0700. The molecule has 6 heteroatoms. The highest BCUT2D eigenvalue weighted by Crippen LogP contribution is 2.49. The Labute approximate surface area is 149 Å². The SMILES string of the molecule is CCCCCCCCOP(=O)(O)OC(CN)(CCCC)CCCC. The van der Waals surface area contributed by atoms with Crippen LogP contribution in [0.2, 0.25) is 0 Å². The third kappa shape index (κ3) is 11.6. The van der Waals surface area contributed by atoms with Gasteiger partial charge in [0.05, 0.1) is 12.2 Å². The summed E-state index contributed by atoms with van der Waals surface area (Å²) in [7, 11) is -4.05. The minimum absolute atomic E-state index is 0.248. The monoisotopic (exact) mass is 365 g/mol. The van der Waals surface area contributed by atoms with Gasteiger partial charge in [-0.05, 0) is 19.3 Å². The first-order valence-corrected chi connectivity index (χ1v) is 11.3. The molecular weight excluding hydrogens is 325 g/mol. The van der Waals surface area contributed by atoms with Crippen molar-refractivity contribution < 1.29 is 18.5 Å². The summed E-state index contributed by atoms with van der Waals surface area (Å²) in [5.74, 6) is 0. The van der Waals surface area contributed by atoms with E-state index < -0.39 is 13.4 Å². The minimum atomic E-state index is -4.05. The average molecular weight is 365 g/mol. The standard InChI is InChI=1S/C18H40NO4P/c1-4-7-10-11-12-13-16-22-24(20,21)23-18(17-19,14-8-5-2)15-9-6-3/h4-17,19H2,1-3H3,(H,20,21). The summed E-state index contributed by atoms with van der Waals surface area (Å²) in [6.07, 6.45) is 11.9. The van der Waals surface area contributed by atoms with Crippen molar-refractivity contribution in [3.63, 3.8) is 0 Å². The van der Waals surface area contributed by atoms with Gasteiger partial charge >= 0.3 is 7.82 Å². The lowest BCUT2D eigenvalue weighted by molar-refractivity contribution is 0.0112. The fraction of sp³-hybridized carbons (Fsp3) is 1.00. The minimum Gasteiger partial charge on any atom is -0.328 e. The van der Waals surface area contributed by atoms with Crippen molar-refractivity contribution >= 4 is 7.82 Å². The predicted molar refractivity (Wildman–Crippen MR) is 101 cm³/mol. The molecule has 24 heavy (non-hydrogen) atoms. The molecule has 0 heterocycles. The van der Waals surface area contributed by atoms with E-state index in [0.29, 0.717) is 12.8 Å². The lowest BCUT2D eigenvalue weighted by atomic mass is 9.91. The summed E-state index contributed by atoms with van der Waals surface area (Å²) in [5.41, 5.74) is 5.17. The van der Waals surface area contributed by atoms with Gasteiger partial charge in [0, 0.05) is 6.54 Å². The van der Waals surface area contributed by atoms with Gasteiger partial charge in [0.2, 0.25) is 0 Å². The van der Waals surface area contributed by atoms with Crippen molar-refractivity contribution in [1.29, 1.82) is 0 Å². The largest absolute Gasteiger partial charge is 0.472 e. The first-order valence-electron chi connectivity index (χ1n) is 9.83. The quantitative estimate of drug-likeness (QED) is 0.260. The van der Waals surface area contributed by atoms with Gasteiger partial charge < -0.3 is 10.6 Å². The smallest absolute Gasteiger partial charge is 0.328 e. The molecule has 0 radical (unpaired) electrons. The highest BCUT2D eigenvalue weighted by molar-refractivity contribution is 7.47. The third-order valence-electron chi connectivity index (χ3n) is 4.41. The number of nitrogens with two attached hydrogens (primary N) is 1. The van der Waals surface area contributed by atoms with Crippen molar-refractivity contribution in [3.8, 4) is 0 Å². The van der Waals surface area contributed by atoms with Gasteiger partial charge in [0.15, 0.2) is 0 Å². The van der Waals surface area contributed by atoms with E-state index in [2.05, 4.69) is 20.8 Å². The molecule has 0 bridgehead atoms. The highest BCUT2D eigenvalue weighted by Gasteiger charge is 2.37. The Bertz CT molecular complexity index is 331. The number of phosphoric acid groups is 1. The summed E-state index contributed by atoms with van der Waals surface area (Å²) >= 11 is 0. The number of hydrogen-bond donors (Lipinski definition) is 2. The van der Waals surface area contributed by atoms with E-state index in [4.69, 9.17) is 14.8 Å². The van der Waals surface area contributed by atoms with Gasteiger partial charge in [0.1, 0.15) is 0 Å². The van der Waals surface area contributed by atoms with Crippen molar-refractivity contribution in [2.45, 2.75) is 103 Å². The Morgan fingerprint density at radius 2 is 1.38 bits per heavy atom. The maximum absolute atomic E-state index is 12.3. The van der Waals surface area contributed by atoms with E-state index in [1.165, 1.54) is 19.3 Å². The normalized spacial score (nSPS) is 14.7. The predicted octanol–water partition coefficient (Wildman–Crippen LogP) is 5.56. The van der Waals surface area contributed by atoms with Crippen LogP contribution in [0.5, 0.6) is 0 Å². The summed E-state index contributed by atoms with van der Waals surface area (Å²) < 4.78 is 23.1. The van der Waals surface area contributed by atoms with Crippen molar-refractivity contribution in [3.05, 3.63) is 0 Å². The summed E-state index contributed by atoms with van der Waals surface area (Å²) in [6, 6.07) is 0. The molecule has 0 aromatic carbocycles. The lowest BCUT2D eigenvalue weighted by Gasteiger charge is -2.33. The van der Waals surface area contributed by atoms with Crippen LogP contribution in [-0.4, -0.2) is 23.6 Å². The van der Waals surface area contributed by atoms with Crippen LogP contribution < -0.4 is 5.73 Å². The fourth-order valence-electron chi connectivity index (χ4n) is 2.79. The van der Waals surface area contributed by atoms with Crippen LogP contribution in [0.1, 0.15) is 97.8 Å². The van der Waals surface area contributed by atoms with Gasteiger partial charge in [0.25, 0.3) is 0 Å². The molecule has 5 nitrogen and oxygen atoms in total. The van der Waals surface area contributed by atoms with Crippen molar-refractivity contribution in [2.24, 2.45) is 5.73 Å². The molecule has 0 spiro atoms. The van der Waals surface area contributed by atoms with Gasteiger partial charge in [-0.2, -0.15) is 0 Å². The molecule has 3 N–H and O–H groups in total. The molecular formula is C18H40NO4P. The van der Waals surface area contributed by atoms with E-state index in [9.17, 15) is 9.46 Å². The zero-order valence-corrected chi connectivity index (χ0v) is 17.0. The molecule has 0 aromatic rings. The maximum atomic E-state index is 12.3. The fourth-order valence-corrected chi connectivity index (χ4v) is 3.95. The molecule has 1 unspecified atom stereocenters. The summed E-state index contributed by atoms with van der Waals surface area (Å²) in [4.78, 5) is 10.1. The first kappa shape index (κ1) is 24.1. The van der Waals surface area contributed by atoms with Gasteiger partial charge in [-0.3, -0.25) is 9.05 Å². The Balaban J connectivity index is 4.37. The van der Waals surface area contributed by atoms with Crippen LogP contribution in [0, 0.1) is 0 Å². The van der Waals surface area contributed by atoms with E-state index >= 15 is 0 Å². The molecule has 0 aliphatic carbocycles. The zero-order chi connectivity index (χ0) is 18.3. The topological polar surface area (TPSA) is 81.8 Å². The van der Waals surface area contributed by atoms with E-state index in [0.717, 1.165) is 44.9 Å². The van der Waals surface area contributed by atoms with Gasteiger partial charge in [-0.1, -0.05) is 78.6 Å². The zero-order valence-electron chi connectivity index (χ0n) is 16.1. The molecule has 146 valence electrons. The maximum Gasteiger partial charge on any atom is 0.472 e. The number of unbranched alkanes of at least 4 members (excludes halogenated alkanes) is 7. The lowest BCUT2D eigenvalue weighted by Crippen LogP contribution is -2.40. The number of rotatable bonds is 17. The number of phosphoric ester groups is 1. The molecule has 1 atom stereocenters. The molecule has 0 rings (SSSR count). The van der Waals surface area contributed by atoms with Crippen LogP contribution >= 0.6 is 7.82 Å². The van der Waals surface area contributed by atoms with Gasteiger partial charge in [-0.15, -0.1) is 0 Å². The molecule has 0 aromatic heterocycles. The summed E-state index contributed by atoms with van der Waals surface area (Å²) in [5, 5.41) is 0. The van der Waals surface area contributed by atoms with Crippen LogP contribution in [0.15, 0.2) is 0 Å². The second kappa shape index (κ2) is 14.3. The van der Waals surface area contributed by atoms with Crippen molar-refractivity contribution in [1.82, 2.24) is 0 Å². The summed E-state index contributed by atoms with van der Waals surface area (Å²) in [6.45, 7) is 6.88. The van der Waals surface area contributed by atoms with Crippen LogP contribution in [0.25, 0.3) is 0 Å². The molecule has 0 fully saturated rings. The molecule has 0 aliphatic heterocycles. The van der Waals surface area contributed by atoms with E-state index in [1.807, 2.05) is 0 Å². The van der Waals surface area contributed by atoms with Crippen molar-refractivity contribution in [2.75, 3.05) is 13.2 Å². The second-order valence-electron chi connectivity index (χ2n) is 6.76. The van der Waals surface area contributed by atoms with Gasteiger partial charge in [-0.25, -0.2) is 4.57 Å². The van der Waals surface area contributed by atoms with E-state index in [-0.39, 0.29) is 13.2 Å². The van der Waals surface area contributed by atoms with Crippen LogP contribution in [0.3, 0.4) is 0 Å². The molecule has 0 aliphatic rings. The molecule has 0 saturated carbocycles. The molecule has 0 amide bonds. The van der Waals surface area contributed by atoms with E-state index in [1.54, 1.807) is 0 Å². The van der Waals surface area contributed by atoms with Crippen LogP contribution in [-0.2, 0) is 13.6 Å². The Kier molecular flexibility index (Phi) is 14.3. The number of hydrogen-bond acceptors (Lipinski definition) is 4. The Morgan fingerprint density at radius 3 is 1.88 bits per heavy atom. The Morgan fingerprint density at radius 1 is 0.875 bits per heavy atom.